The van der Waals surface area contributed by atoms with E-state index in [4.69, 9.17) is 40.3 Å². The second-order valence-corrected chi connectivity index (χ2v) is 22.8. The summed E-state index contributed by atoms with van der Waals surface area (Å²) in [5.41, 5.74) is 11.7. The van der Waals surface area contributed by atoms with Gasteiger partial charge in [-0.15, -0.1) is 0 Å². The topological polar surface area (TPSA) is 452 Å². The second kappa shape index (κ2) is 20.5. The van der Waals surface area contributed by atoms with Gasteiger partial charge in [-0.3, -0.25) is 24.1 Å². The molecule has 1 aliphatic carbocycles. The molecule has 12 N–H and O–H groups in total. The largest absolute Gasteiger partial charge is 0.744 e. The normalized spacial score (nSPS) is 17.0. The third kappa shape index (κ3) is 12.1. The summed E-state index contributed by atoms with van der Waals surface area (Å²) < 4.78 is 133. The van der Waals surface area contributed by atoms with E-state index in [9.17, 15) is 59.0 Å². The number of anilines is 2. The predicted octanol–water partition coefficient (Wildman–Crippen LogP) is 0.965. The molecular formula is C39H41N8O20P3S2. The van der Waals surface area contributed by atoms with Crippen molar-refractivity contribution in [3.8, 4) is 34.3 Å². The molecule has 0 radical (unpaired) electrons. The van der Waals surface area contributed by atoms with Crippen LogP contribution in [-0.2, 0) is 56.6 Å². The van der Waals surface area contributed by atoms with Crippen molar-refractivity contribution in [2.24, 2.45) is 0 Å². The van der Waals surface area contributed by atoms with Gasteiger partial charge in [0.15, 0.2) is 11.3 Å². The van der Waals surface area contributed by atoms with Crippen LogP contribution in [0.3, 0.4) is 0 Å². The van der Waals surface area contributed by atoms with E-state index >= 15 is 0 Å². The van der Waals surface area contributed by atoms with E-state index in [1.165, 1.54) is 48.6 Å². The van der Waals surface area contributed by atoms with E-state index in [1.54, 1.807) is 16.8 Å². The fraction of sp³-hybridized carbons (Fsp3) is 0.256. The minimum absolute atomic E-state index is 0.0275. The highest BCUT2D eigenvalue weighted by Gasteiger charge is 2.42. The number of nitrogen functional groups attached to an aromatic ring is 2. The fourth-order valence-electron chi connectivity index (χ4n) is 7.77. The maximum atomic E-state index is 14.1. The summed E-state index contributed by atoms with van der Waals surface area (Å²) in [4.78, 5) is 71.4. The molecule has 2 aliphatic heterocycles. The van der Waals surface area contributed by atoms with Crippen LogP contribution in [0.15, 0.2) is 75.3 Å². The number of aromatic nitrogens is 3. The lowest BCUT2D eigenvalue weighted by atomic mass is 9.90. The highest BCUT2D eigenvalue weighted by atomic mass is 32.2. The first kappa shape index (κ1) is 53.8. The van der Waals surface area contributed by atoms with E-state index in [2.05, 4.69) is 35.7 Å². The average Bonchev–Trinajstić information content (AvgIpc) is 3.89. The summed E-state index contributed by atoms with van der Waals surface area (Å²) in [6, 6.07) is 11.0. The number of benzene rings is 3. The molecular weight excluding hydrogens is 1060 g/mol. The number of phosphoric ester groups is 1. The van der Waals surface area contributed by atoms with Crippen LogP contribution in [0, 0.1) is 11.8 Å². The van der Waals surface area contributed by atoms with Gasteiger partial charge in [-0.2, -0.15) is 17.0 Å². The summed E-state index contributed by atoms with van der Waals surface area (Å²) in [7, 11) is -25.7. The number of nitrogens with zero attached hydrogens (tertiary/aromatic N) is 4. The van der Waals surface area contributed by atoms with Crippen molar-refractivity contribution in [3.63, 3.8) is 0 Å². The highest BCUT2D eigenvalue weighted by molar-refractivity contribution is 7.86. The minimum Gasteiger partial charge on any atom is -0.744 e. The summed E-state index contributed by atoms with van der Waals surface area (Å²) in [5, 5.41) is 8.40. The lowest BCUT2D eigenvalue weighted by molar-refractivity contribution is -0.176. The van der Waals surface area contributed by atoms with Gasteiger partial charge in [0.05, 0.1) is 35.9 Å². The standard InChI is InChI=1S/C39H41N8O20P3S2/c1-46(39(49)24-8-3-2-7-23(24)32-25-11-13-27(40)35(71(57,58)59)33(25)65-34-26(32)12-14-28(41)36(34)72(60,61)62)17-5-9-29(48)43-16-4-6-21-18-47(38-31(21)37(42)44-20-45-38)30-15-10-22(64-30)19-63-69(53,54)67-70(55,56)66-68(50,51)52/h2-3,7-8,11-14,18,20,22,30,40H,5,9-10,15-17,19,41H2,1H3,(H,43,48)(H,53,54)(H,55,56)(H2,42,44,45)(H2,50,51,52)(H,57,58,59)(H,60,61,62)/t22-,30+/m0/s1. The third-order valence-electron chi connectivity index (χ3n) is 10.7. The van der Waals surface area contributed by atoms with E-state index < -0.39 is 107 Å². The quantitative estimate of drug-likeness (QED) is 0.0202. The Balaban J connectivity index is 1.01. The van der Waals surface area contributed by atoms with Crippen LogP contribution in [0.2, 0.25) is 0 Å². The number of fused-ring (bicyclic) bond motifs is 3. The van der Waals surface area contributed by atoms with Gasteiger partial charge in [-0.05, 0) is 49.1 Å². The highest BCUT2D eigenvalue weighted by Crippen LogP contribution is 2.66. The fourth-order valence-corrected chi connectivity index (χ4v) is 12.3. The predicted molar refractivity (Wildman–Crippen MR) is 247 cm³/mol. The number of hydrogen-bond acceptors (Lipinski definition) is 19. The lowest BCUT2D eigenvalue weighted by Gasteiger charge is -2.23. The zero-order chi connectivity index (χ0) is 52.7. The van der Waals surface area contributed by atoms with Crippen LogP contribution in [0.5, 0.6) is 0 Å². The SMILES string of the molecule is CN(CCCC(=O)NCC#Cc1cn([C@H]2CC[C@@H](COP(=O)(O)OP(=O)(O)OP(=O)(O)O)O2)c2ncnc(N)c12)C(=O)c1ccccc1-c1c2ccc(=[NH2+])c(S(=O)(=O)O)c-2oc2c(S(=O)(=O)[O-])c(N)ccc12. The van der Waals surface area contributed by atoms with E-state index in [-0.39, 0.29) is 72.2 Å². The number of carbonyl (C=O) groups is 2. The molecule has 2 unspecified atom stereocenters. The van der Waals surface area contributed by atoms with Crippen molar-refractivity contribution in [3.05, 3.63) is 77.5 Å². The Labute approximate surface area is 406 Å². The van der Waals surface area contributed by atoms with Crippen LogP contribution in [0.4, 0.5) is 11.5 Å². The first-order chi connectivity index (χ1) is 33.5. The minimum atomic E-state index is -5.72. The van der Waals surface area contributed by atoms with Gasteiger partial charge >= 0.3 is 33.6 Å². The molecule has 1 saturated heterocycles. The van der Waals surface area contributed by atoms with E-state index in [0.717, 1.165) is 12.1 Å². The van der Waals surface area contributed by atoms with Crippen LogP contribution in [-0.4, -0.2) is 110 Å². The van der Waals surface area contributed by atoms with Crippen LogP contribution in [0.25, 0.3) is 44.5 Å². The van der Waals surface area contributed by atoms with Gasteiger partial charge in [0.1, 0.15) is 39.0 Å². The Hall–Kier alpha value is -5.96. The molecule has 72 heavy (non-hydrogen) atoms. The molecule has 2 aromatic carbocycles. The molecule has 4 heterocycles. The molecule has 2 aromatic heterocycles. The van der Waals surface area contributed by atoms with Crippen LogP contribution < -0.4 is 27.6 Å². The summed E-state index contributed by atoms with van der Waals surface area (Å²) >= 11 is 0. The van der Waals surface area contributed by atoms with Crippen molar-refractivity contribution in [1.82, 2.24) is 24.8 Å². The third-order valence-corrected chi connectivity index (χ3v) is 16.3. The van der Waals surface area contributed by atoms with E-state index in [1.807, 2.05) is 0 Å². The number of hydrogen-bond donors (Lipinski definition) is 9. The van der Waals surface area contributed by atoms with Crippen molar-refractivity contribution in [2.75, 3.05) is 38.2 Å². The van der Waals surface area contributed by atoms with Crippen molar-refractivity contribution in [2.45, 2.75) is 47.8 Å². The Morgan fingerprint density at radius 2 is 1.71 bits per heavy atom. The van der Waals surface area contributed by atoms with Crippen molar-refractivity contribution >= 4 is 89.0 Å². The first-order valence-corrected chi connectivity index (χ1v) is 27.9. The molecule has 0 spiro atoms. The van der Waals surface area contributed by atoms with Crippen molar-refractivity contribution < 1.29 is 96.5 Å². The summed E-state index contributed by atoms with van der Waals surface area (Å²) in [5.74, 6) is 4.15. The Morgan fingerprint density at radius 1 is 0.986 bits per heavy atom. The maximum Gasteiger partial charge on any atom is 0.490 e. The van der Waals surface area contributed by atoms with Gasteiger partial charge in [-0.1, -0.05) is 30.0 Å². The monoisotopic (exact) mass is 1100 g/mol. The van der Waals surface area contributed by atoms with Gasteiger partial charge in [0.25, 0.3) is 5.91 Å². The van der Waals surface area contributed by atoms with E-state index in [0.29, 0.717) is 16.6 Å². The molecule has 0 saturated carbocycles. The summed E-state index contributed by atoms with van der Waals surface area (Å²) in [6.07, 6.45) is 1.70. The zero-order valence-electron chi connectivity index (χ0n) is 36.9. The Morgan fingerprint density at radius 3 is 2.40 bits per heavy atom. The average molecular weight is 1100 g/mol. The molecule has 1 fully saturated rings. The molecule has 28 nitrogen and oxygen atoms in total. The number of rotatable bonds is 17. The number of nitrogens with one attached hydrogen (secondary N) is 1. The molecule has 33 heteroatoms. The molecule has 3 aliphatic rings. The number of carbonyl (C=O) groups excluding carboxylic acids is 2. The van der Waals surface area contributed by atoms with Crippen LogP contribution in [0.1, 0.15) is 47.8 Å². The lowest BCUT2D eigenvalue weighted by Crippen LogP contribution is -2.47. The number of nitrogens with two attached hydrogens (primary N) is 3. The van der Waals surface area contributed by atoms with Gasteiger partial charge < -0.3 is 59.5 Å². The van der Waals surface area contributed by atoms with Gasteiger partial charge in [-0.25, -0.2) is 32.1 Å². The van der Waals surface area contributed by atoms with Crippen molar-refractivity contribution in [1.29, 1.82) is 0 Å². The Bertz CT molecular complexity index is 3650. The number of ether oxygens (including phenoxy) is 1. The Kier molecular flexibility index (Phi) is 15.3. The second-order valence-electron chi connectivity index (χ2n) is 15.7. The molecule has 0 bridgehead atoms. The molecule has 4 atom stereocenters. The number of amides is 2. The molecule has 384 valence electrons. The maximum absolute atomic E-state index is 14.1. The molecule has 4 aromatic rings. The van der Waals surface area contributed by atoms with Gasteiger partial charge in [0, 0.05) is 54.4 Å². The molecule has 7 rings (SSSR count). The summed E-state index contributed by atoms with van der Waals surface area (Å²) in [6.45, 7) is -0.760. The zero-order valence-corrected chi connectivity index (χ0v) is 41.2. The number of phosphoric acid groups is 3. The van der Waals surface area contributed by atoms with Crippen LogP contribution >= 0.6 is 23.5 Å². The molecule has 2 amide bonds. The van der Waals surface area contributed by atoms with Gasteiger partial charge in [0.2, 0.25) is 16.2 Å². The first-order valence-electron chi connectivity index (χ1n) is 20.5. The smallest absolute Gasteiger partial charge is 0.490 e.